The summed E-state index contributed by atoms with van der Waals surface area (Å²) in [5.41, 5.74) is 7.50. The van der Waals surface area contributed by atoms with Gasteiger partial charge in [-0.1, -0.05) is 50.6 Å². The Bertz CT molecular complexity index is 529. The number of carbonyl (C=O) groups excluding carboxylic acids is 1. The SMILES string of the molecule is CC(C)[C@H](N)C(=O)N(C[C@H]1CCCCN1Cc1ccccc1)C(C)C. The molecule has 0 radical (unpaired) electrons. The first-order valence-corrected chi connectivity index (χ1v) is 9.74. The molecule has 1 aromatic carbocycles. The van der Waals surface area contributed by atoms with Crippen molar-refractivity contribution in [2.45, 2.75) is 71.6 Å². The average Bonchev–Trinajstić information content (AvgIpc) is 2.60. The number of hydrogen-bond donors (Lipinski definition) is 1. The van der Waals surface area contributed by atoms with E-state index >= 15 is 0 Å². The van der Waals surface area contributed by atoms with Crippen molar-refractivity contribution in [3.63, 3.8) is 0 Å². The molecule has 0 aromatic heterocycles. The Balaban J connectivity index is 2.08. The summed E-state index contributed by atoms with van der Waals surface area (Å²) in [6.07, 6.45) is 3.64. The molecular weight excluding hydrogens is 310 g/mol. The Labute approximate surface area is 153 Å². The lowest BCUT2D eigenvalue weighted by Crippen LogP contribution is -2.54. The van der Waals surface area contributed by atoms with Gasteiger partial charge in [-0.2, -0.15) is 0 Å². The van der Waals surface area contributed by atoms with Gasteiger partial charge < -0.3 is 10.6 Å². The molecule has 4 heteroatoms. The molecule has 0 spiro atoms. The molecule has 1 fully saturated rings. The van der Waals surface area contributed by atoms with E-state index in [-0.39, 0.29) is 17.9 Å². The highest BCUT2D eigenvalue weighted by Crippen LogP contribution is 2.22. The van der Waals surface area contributed by atoms with Gasteiger partial charge in [0.2, 0.25) is 5.91 Å². The van der Waals surface area contributed by atoms with Crippen molar-refractivity contribution in [3.8, 4) is 0 Å². The highest BCUT2D eigenvalue weighted by molar-refractivity contribution is 5.82. The van der Waals surface area contributed by atoms with E-state index in [2.05, 4.69) is 49.1 Å². The van der Waals surface area contributed by atoms with Gasteiger partial charge in [0, 0.05) is 25.2 Å². The zero-order chi connectivity index (χ0) is 18.4. The molecule has 1 heterocycles. The number of benzene rings is 1. The van der Waals surface area contributed by atoms with E-state index in [9.17, 15) is 4.79 Å². The van der Waals surface area contributed by atoms with Gasteiger partial charge in [0.25, 0.3) is 0 Å². The van der Waals surface area contributed by atoms with E-state index in [0.29, 0.717) is 6.04 Å². The van der Waals surface area contributed by atoms with Gasteiger partial charge in [-0.05, 0) is 44.7 Å². The molecule has 140 valence electrons. The minimum atomic E-state index is -0.409. The summed E-state index contributed by atoms with van der Waals surface area (Å²) >= 11 is 0. The van der Waals surface area contributed by atoms with Gasteiger partial charge in [-0.25, -0.2) is 0 Å². The van der Waals surface area contributed by atoms with Crippen molar-refractivity contribution in [3.05, 3.63) is 35.9 Å². The van der Waals surface area contributed by atoms with Gasteiger partial charge in [0.1, 0.15) is 0 Å². The smallest absolute Gasteiger partial charge is 0.240 e. The molecule has 1 aromatic rings. The van der Waals surface area contributed by atoms with Gasteiger partial charge in [-0.15, -0.1) is 0 Å². The first-order valence-electron chi connectivity index (χ1n) is 9.74. The minimum absolute atomic E-state index is 0.0928. The van der Waals surface area contributed by atoms with Crippen molar-refractivity contribution < 1.29 is 4.79 Å². The van der Waals surface area contributed by atoms with E-state index in [1.807, 2.05) is 18.7 Å². The van der Waals surface area contributed by atoms with Crippen molar-refractivity contribution in [2.75, 3.05) is 13.1 Å². The Morgan fingerprint density at radius 3 is 2.48 bits per heavy atom. The topological polar surface area (TPSA) is 49.6 Å². The van der Waals surface area contributed by atoms with Crippen LogP contribution in [0.5, 0.6) is 0 Å². The molecule has 2 atom stereocenters. The van der Waals surface area contributed by atoms with Gasteiger partial charge in [-0.3, -0.25) is 9.69 Å². The lowest BCUT2D eigenvalue weighted by Gasteiger charge is -2.41. The van der Waals surface area contributed by atoms with Crippen LogP contribution in [-0.2, 0) is 11.3 Å². The molecule has 1 aliphatic rings. The summed E-state index contributed by atoms with van der Waals surface area (Å²) in [5, 5.41) is 0. The van der Waals surface area contributed by atoms with Crippen LogP contribution in [0.2, 0.25) is 0 Å². The van der Waals surface area contributed by atoms with Crippen LogP contribution < -0.4 is 5.73 Å². The van der Waals surface area contributed by atoms with E-state index in [4.69, 9.17) is 5.73 Å². The molecule has 2 rings (SSSR count). The molecule has 0 saturated carbocycles. The Kier molecular flexibility index (Phi) is 7.45. The second-order valence-corrected chi connectivity index (χ2v) is 7.96. The maximum absolute atomic E-state index is 12.8. The fourth-order valence-electron chi connectivity index (χ4n) is 3.55. The van der Waals surface area contributed by atoms with Crippen LogP contribution in [0.25, 0.3) is 0 Å². The molecule has 2 N–H and O–H groups in total. The number of piperidine rings is 1. The number of amides is 1. The summed E-state index contributed by atoms with van der Waals surface area (Å²) in [4.78, 5) is 17.4. The maximum Gasteiger partial charge on any atom is 0.240 e. The number of likely N-dealkylation sites (tertiary alicyclic amines) is 1. The molecule has 1 aliphatic heterocycles. The lowest BCUT2D eigenvalue weighted by atomic mass is 9.98. The van der Waals surface area contributed by atoms with Crippen LogP contribution in [0.15, 0.2) is 30.3 Å². The molecule has 0 bridgehead atoms. The van der Waals surface area contributed by atoms with Crippen LogP contribution in [0.1, 0.15) is 52.5 Å². The average molecular weight is 346 g/mol. The fraction of sp³-hybridized carbons (Fsp3) is 0.667. The summed E-state index contributed by atoms with van der Waals surface area (Å²) in [7, 11) is 0. The van der Waals surface area contributed by atoms with Crippen LogP contribution in [0, 0.1) is 5.92 Å². The Morgan fingerprint density at radius 1 is 1.20 bits per heavy atom. The molecule has 1 amide bonds. The molecule has 1 saturated heterocycles. The third-order valence-electron chi connectivity index (χ3n) is 5.29. The Hall–Kier alpha value is -1.39. The predicted molar refractivity (Wildman–Crippen MR) is 104 cm³/mol. The number of rotatable bonds is 7. The van der Waals surface area contributed by atoms with E-state index in [1.165, 1.54) is 18.4 Å². The molecule has 4 nitrogen and oxygen atoms in total. The number of hydrogen-bond acceptors (Lipinski definition) is 3. The summed E-state index contributed by atoms with van der Waals surface area (Å²) in [5.74, 6) is 0.260. The first kappa shape index (κ1) is 19.9. The second-order valence-electron chi connectivity index (χ2n) is 7.96. The second kappa shape index (κ2) is 9.35. The molecule has 0 unspecified atom stereocenters. The van der Waals surface area contributed by atoms with E-state index in [0.717, 1.165) is 26.1 Å². The van der Waals surface area contributed by atoms with Crippen molar-refractivity contribution in [2.24, 2.45) is 11.7 Å². The monoisotopic (exact) mass is 345 g/mol. The normalized spacial score (nSPS) is 20.0. The fourth-order valence-corrected chi connectivity index (χ4v) is 3.55. The summed E-state index contributed by atoms with van der Waals surface area (Å²) in [6.45, 7) is 11.1. The molecule has 25 heavy (non-hydrogen) atoms. The van der Waals surface area contributed by atoms with Crippen LogP contribution in [0.3, 0.4) is 0 Å². The quantitative estimate of drug-likeness (QED) is 0.825. The standard InChI is InChI=1S/C21H35N3O/c1-16(2)20(22)21(25)24(17(3)4)15-19-12-8-9-13-23(19)14-18-10-6-5-7-11-18/h5-7,10-11,16-17,19-20H,8-9,12-15,22H2,1-4H3/t19-,20+/m1/s1. The van der Waals surface area contributed by atoms with Crippen LogP contribution in [-0.4, -0.2) is 46.9 Å². The predicted octanol–water partition coefficient (Wildman–Crippen LogP) is 3.26. The largest absolute Gasteiger partial charge is 0.337 e. The number of nitrogens with zero attached hydrogens (tertiary/aromatic N) is 2. The third kappa shape index (κ3) is 5.55. The third-order valence-corrected chi connectivity index (χ3v) is 5.29. The zero-order valence-electron chi connectivity index (χ0n) is 16.3. The highest BCUT2D eigenvalue weighted by atomic mass is 16.2. The number of carbonyl (C=O) groups is 1. The van der Waals surface area contributed by atoms with E-state index < -0.39 is 6.04 Å². The number of nitrogens with two attached hydrogens (primary N) is 1. The molecule has 0 aliphatic carbocycles. The summed E-state index contributed by atoms with van der Waals surface area (Å²) < 4.78 is 0. The minimum Gasteiger partial charge on any atom is -0.337 e. The lowest BCUT2D eigenvalue weighted by molar-refractivity contribution is -0.136. The van der Waals surface area contributed by atoms with Gasteiger partial charge in [0.05, 0.1) is 6.04 Å². The van der Waals surface area contributed by atoms with E-state index in [1.54, 1.807) is 0 Å². The van der Waals surface area contributed by atoms with Gasteiger partial charge in [0.15, 0.2) is 0 Å². The van der Waals surface area contributed by atoms with Crippen molar-refractivity contribution in [1.82, 2.24) is 9.80 Å². The first-order chi connectivity index (χ1) is 11.9. The van der Waals surface area contributed by atoms with Crippen LogP contribution in [0.4, 0.5) is 0 Å². The maximum atomic E-state index is 12.8. The Morgan fingerprint density at radius 2 is 1.88 bits per heavy atom. The highest BCUT2D eigenvalue weighted by Gasteiger charge is 2.30. The van der Waals surface area contributed by atoms with Crippen molar-refractivity contribution >= 4 is 5.91 Å². The van der Waals surface area contributed by atoms with Crippen LogP contribution >= 0.6 is 0 Å². The van der Waals surface area contributed by atoms with Crippen molar-refractivity contribution in [1.29, 1.82) is 0 Å². The summed E-state index contributed by atoms with van der Waals surface area (Å²) in [6, 6.07) is 10.8. The zero-order valence-corrected chi connectivity index (χ0v) is 16.3. The van der Waals surface area contributed by atoms with Gasteiger partial charge >= 0.3 is 0 Å². The molecular formula is C21H35N3O.